The molecule has 0 spiro atoms. The summed E-state index contributed by atoms with van der Waals surface area (Å²) >= 11 is 1.79. The number of aliphatic hydroxyl groups is 1. The van der Waals surface area contributed by atoms with Crippen LogP contribution in [0.3, 0.4) is 0 Å². The summed E-state index contributed by atoms with van der Waals surface area (Å²) < 4.78 is 19.2. The number of urea groups is 1. The number of ether oxygens (including phenoxy) is 3. The Morgan fingerprint density at radius 2 is 1.38 bits per heavy atom. The van der Waals surface area contributed by atoms with E-state index in [0.29, 0.717) is 18.0 Å². The highest BCUT2D eigenvalue weighted by Crippen LogP contribution is 2.43. The van der Waals surface area contributed by atoms with Crippen molar-refractivity contribution in [1.29, 1.82) is 0 Å². The fourth-order valence-electron chi connectivity index (χ4n) is 6.29. The van der Waals surface area contributed by atoms with Gasteiger partial charge < -0.3 is 30.0 Å². The number of carbonyl (C=O) groups excluding carboxylic acids is 1. The number of nitrogens with one attached hydrogen (secondary N) is 2. The minimum Gasteiger partial charge on any atom is -0.457 e. The summed E-state index contributed by atoms with van der Waals surface area (Å²) in [4.78, 5) is 13.9. The van der Waals surface area contributed by atoms with E-state index in [9.17, 15) is 9.90 Å². The second-order valence-electron chi connectivity index (χ2n) is 13.0. The first-order valence-electron chi connectivity index (χ1n) is 17.8. The first-order valence-corrected chi connectivity index (χ1v) is 18.7. The number of anilines is 1. The number of hydrogen-bond acceptors (Lipinski definition) is 6. The van der Waals surface area contributed by atoms with Gasteiger partial charge in [-0.3, -0.25) is 0 Å². The van der Waals surface area contributed by atoms with Crippen molar-refractivity contribution in [1.82, 2.24) is 5.32 Å². The molecule has 6 aromatic rings. The minimum atomic E-state index is -0.536. The topological polar surface area (TPSA) is 89.1 Å². The van der Waals surface area contributed by atoms with E-state index in [1.807, 2.05) is 97.1 Å². The van der Waals surface area contributed by atoms with Crippen LogP contribution in [0.15, 0.2) is 163 Å². The van der Waals surface area contributed by atoms with Gasteiger partial charge in [-0.05, 0) is 82.4 Å². The zero-order valence-electron chi connectivity index (χ0n) is 29.4. The van der Waals surface area contributed by atoms with Gasteiger partial charge in [0.2, 0.25) is 0 Å². The summed E-state index contributed by atoms with van der Waals surface area (Å²) in [5.41, 5.74) is 6.63. The van der Waals surface area contributed by atoms with Crippen molar-refractivity contribution in [2.75, 3.05) is 11.1 Å². The molecular weight excluding hydrogens is 681 g/mol. The second kappa shape index (κ2) is 17.4. The van der Waals surface area contributed by atoms with E-state index in [0.717, 1.165) is 44.9 Å². The highest BCUT2D eigenvalue weighted by molar-refractivity contribution is 7.99. The third-order valence-corrected chi connectivity index (χ3v) is 10.4. The van der Waals surface area contributed by atoms with Gasteiger partial charge in [0.25, 0.3) is 0 Å². The van der Waals surface area contributed by atoms with E-state index in [1.54, 1.807) is 11.8 Å². The molecule has 0 saturated carbocycles. The van der Waals surface area contributed by atoms with Gasteiger partial charge in [0.05, 0.1) is 18.8 Å². The minimum absolute atomic E-state index is 0.00609. The Morgan fingerprint density at radius 3 is 2.09 bits per heavy atom. The average Bonchev–Trinajstić information content (AvgIpc) is 3.21. The maximum absolute atomic E-state index is 12.7. The molecule has 3 N–H and O–H groups in total. The molecule has 2 amide bonds. The lowest BCUT2D eigenvalue weighted by molar-refractivity contribution is -0.268. The fourth-order valence-corrected chi connectivity index (χ4v) is 7.38. The Hall–Kier alpha value is -5.38. The lowest BCUT2D eigenvalue weighted by Gasteiger charge is -2.41. The molecule has 0 unspecified atom stereocenters. The molecule has 0 bridgehead atoms. The zero-order valence-corrected chi connectivity index (χ0v) is 30.2. The van der Waals surface area contributed by atoms with E-state index in [4.69, 9.17) is 14.2 Å². The molecule has 4 atom stereocenters. The smallest absolute Gasteiger partial charge is 0.319 e. The molecule has 268 valence electrons. The summed E-state index contributed by atoms with van der Waals surface area (Å²) in [6.07, 6.45) is -0.752. The Labute approximate surface area is 315 Å². The Morgan fingerprint density at radius 1 is 0.698 bits per heavy atom. The van der Waals surface area contributed by atoms with Crippen molar-refractivity contribution in [3.05, 3.63) is 180 Å². The van der Waals surface area contributed by atoms with Crippen molar-refractivity contribution < 1.29 is 24.1 Å². The molecule has 1 fully saturated rings. The molecular formula is C45H42N2O5S. The summed E-state index contributed by atoms with van der Waals surface area (Å²) in [5.74, 6) is 2.35. The monoisotopic (exact) mass is 722 g/mol. The number of rotatable bonds is 12. The first-order chi connectivity index (χ1) is 26.0. The van der Waals surface area contributed by atoms with Crippen LogP contribution >= 0.6 is 11.8 Å². The van der Waals surface area contributed by atoms with Crippen LogP contribution in [0.1, 0.15) is 41.6 Å². The largest absolute Gasteiger partial charge is 0.457 e. The van der Waals surface area contributed by atoms with Crippen molar-refractivity contribution in [2.24, 2.45) is 5.92 Å². The summed E-state index contributed by atoms with van der Waals surface area (Å²) in [6.45, 7) is 2.56. The van der Waals surface area contributed by atoms with E-state index in [2.05, 4.69) is 78.2 Å². The zero-order chi connectivity index (χ0) is 36.4. The summed E-state index contributed by atoms with van der Waals surface area (Å²) in [7, 11) is 0. The normalized spacial score (nSPS) is 18.2. The van der Waals surface area contributed by atoms with Crippen molar-refractivity contribution >= 4 is 23.5 Å². The summed E-state index contributed by atoms with van der Waals surface area (Å²) in [6, 6.07) is 51.4. The molecule has 1 aliphatic heterocycles. The van der Waals surface area contributed by atoms with E-state index in [1.165, 1.54) is 4.90 Å². The van der Waals surface area contributed by atoms with E-state index in [-0.39, 0.29) is 30.8 Å². The SMILES string of the molecule is C[C@H]1[C@@H](CSc2ccccc2)O[C@@H](c2ccc(-c3cccc(CNC(=O)Nc4ccc(Oc5ccccc5)cc4)c3)cc2)O[C@H]1c1ccc(CO)cc1. The fraction of sp³-hybridized carbons (Fsp3) is 0.178. The first kappa shape index (κ1) is 36.0. The van der Waals surface area contributed by atoms with Gasteiger partial charge in [0, 0.05) is 34.4 Å². The molecule has 8 heteroatoms. The molecule has 6 aromatic carbocycles. The molecule has 0 radical (unpaired) electrons. The van der Waals surface area contributed by atoms with Gasteiger partial charge in [-0.1, -0.05) is 110 Å². The third-order valence-electron chi connectivity index (χ3n) is 9.27. The molecule has 1 saturated heterocycles. The maximum atomic E-state index is 12.7. The lowest BCUT2D eigenvalue weighted by atomic mass is 9.91. The summed E-state index contributed by atoms with van der Waals surface area (Å²) in [5, 5.41) is 15.4. The number of amides is 2. The molecule has 53 heavy (non-hydrogen) atoms. The molecule has 0 aliphatic carbocycles. The predicted molar refractivity (Wildman–Crippen MR) is 211 cm³/mol. The quantitative estimate of drug-likeness (QED) is 0.109. The van der Waals surface area contributed by atoms with Crippen LogP contribution in [0.4, 0.5) is 10.5 Å². The number of aliphatic hydroxyl groups excluding tert-OH is 1. The molecule has 7 rings (SSSR count). The third kappa shape index (κ3) is 9.54. The predicted octanol–water partition coefficient (Wildman–Crippen LogP) is 10.5. The van der Waals surface area contributed by atoms with Crippen molar-refractivity contribution in [3.8, 4) is 22.6 Å². The second-order valence-corrected chi connectivity index (χ2v) is 14.1. The van der Waals surface area contributed by atoms with Crippen LogP contribution < -0.4 is 15.4 Å². The maximum Gasteiger partial charge on any atom is 0.319 e. The van der Waals surface area contributed by atoms with Crippen molar-refractivity contribution in [3.63, 3.8) is 0 Å². The lowest BCUT2D eigenvalue weighted by Crippen LogP contribution is -2.38. The number of benzene rings is 6. The van der Waals surface area contributed by atoms with Gasteiger partial charge in [-0.25, -0.2) is 4.79 Å². The van der Waals surface area contributed by atoms with Crippen molar-refractivity contribution in [2.45, 2.75) is 43.5 Å². The Balaban J connectivity index is 0.983. The van der Waals surface area contributed by atoms with Gasteiger partial charge >= 0.3 is 6.03 Å². The molecule has 7 nitrogen and oxygen atoms in total. The highest BCUT2D eigenvalue weighted by Gasteiger charge is 2.38. The van der Waals surface area contributed by atoms with Gasteiger partial charge in [0.15, 0.2) is 6.29 Å². The van der Waals surface area contributed by atoms with Crippen LogP contribution in [-0.2, 0) is 22.6 Å². The molecule has 0 aromatic heterocycles. The van der Waals surface area contributed by atoms with Gasteiger partial charge in [0.1, 0.15) is 11.5 Å². The van der Waals surface area contributed by atoms with E-state index < -0.39 is 6.29 Å². The van der Waals surface area contributed by atoms with Gasteiger partial charge in [-0.15, -0.1) is 11.8 Å². The number of thioether (sulfide) groups is 1. The number of para-hydroxylation sites is 1. The van der Waals surface area contributed by atoms with Gasteiger partial charge in [-0.2, -0.15) is 0 Å². The van der Waals surface area contributed by atoms with Crippen LogP contribution in [-0.4, -0.2) is 23.0 Å². The molecule has 1 heterocycles. The average molecular weight is 723 g/mol. The number of carbonyl (C=O) groups is 1. The van der Waals surface area contributed by atoms with Crippen LogP contribution in [0.2, 0.25) is 0 Å². The standard InChI is InChI=1S/C45H42N2O5S/c1-31-42(30-53-41-13-6-3-7-14-41)51-44(52-43(31)35-17-15-32(29-48)16-18-35)36-21-19-34(20-22-36)37-10-8-9-33(27-37)28-46-45(49)47-38-23-25-40(26-24-38)50-39-11-4-2-5-12-39/h2-27,31,42-44,48H,28-30H2,1H3,(H2,46,47,49)/t31-,42+,43+,44+/m0/s1. The van der Waals surface area contributed by atoms with Crippen LogP contribution in [0.25, 0.3) is 11.1 Å². The number of hydrogen-bond donors (Lipinski definition) is 3. The van der Waals surface area contributed by atoms with Crippen LogP contribution in [0.5, 0.6) is 11.5 Å². The Kier molecular flexibility index (Phi) is 11.8. The highest BCUT2D eigenvalue weighted by atomic mass is 32.2. The van der Waals surface area contributed by atoms with E-state index >= 15 is 0 Å². The molecule has 1 aliphatic rings. The Bertz CT molecular complexity index is 2060. The van der Waals surface area contributed by atoms with Crippen LogP contribution in [0, 0.1) is 5.92 Å².